The highest BCUT2D eigenvalue weighted by Gasteiger charge is 2.36. The van der Waals surface area contributed by atoms with E-state index in [1.807, 2.05) is 62.9 Å². The second-order valence-electron chi connectivity index (χ2n) is 9.72. The molecule has 0 N–H and O–H groups in total. The summed E-state index contributed by atoms with van der Waals surface area (Å²) >= 11 is 1.40. The van der Waals surface area contributed by atoms with Crippen molar-refractivity contribution >= 4 is 38.4 Å². The van der Waals surface area contributed by atoms with Crippen LogP contribution in [0.25, 0.3) is 16.0 Å². The van der Waals surface area contributed by atoms with Gasteiger partial charge in [0.05, 0.1) is 30.7 Å². The van der Waals surface area contributed by atoms with Crippen molar-refractivity contribution in [3.63, 3.8) is 0 Å². The highest BCUT2D eigenvalue weighted by atomic mass is 32.1. The predicted octanol–water partition coefficient (Wildman–Crippen LogP) is 4.83. The molecule has 1 aromatic carbocycles. The van der Waals surface area contributed by atoms with Gasteiger partial charge < -0.3 is 19.1 Å². The molecule has 0 amide bonds. The zero-order valence-corrected chi connectivity index (χ0v) is 22.3. The molecule has 1 fully saturated rings. The molecule has 9 heteroatoms. The van der Waals surface area contributed by atoms with Gasteiger partial charge in [0.1, 0.15) is 28.7 Å². The Morgan fingerprint density at radius 3 is 2.61 bits per heavy atom. The molecule has 0 bridgehead atoms. The van der Waals surface area contributed by atoms with Crippen molar-refractivity contribution in [2.75, 3.05) is 25.2 Å². The van der Waals surface area contributed by atoms with Crippen molar-refractivity contribution in [1.82, 2.24) is 9.55 Å². The van der Waals surface area contributed by atoms with Gasteiger partial charge in [0, 0.05) is 6.54 Å². The molecule has 2 aromatic heterocycles. The van der Waals surface area contributed by atoms with Crippen LogP contribution in [-0.2, 0) is 20.8 Å². The first kappa shape index (κ1) is 25.8. The Labute approximate surface area is 215 Å². The number of benzene rings is 1. The number of thiazole rings is 1. The summed E-state index contributed by atoms with van der Waals surface area (Å²) in [5.74, 6) is 0.907. The van der Waals surface area contributed by atoms with Gasteiger partial charge in [0.2, 0.25) is 0 Å². The largest absolute Gasteiger partial charge is 0.497 e. The smallest absolute Gasteiger partial charge is 0.329 e. The van der Waals surface area contributed by atoms with Gasteiger partial charge in [0.25, 0.3) is 5.56 Å². The van der Waals surface area contributed by atoms with Crippen LogP contribution in [0.15, 0.2) is 41.7 Å². The summed E-state index contributed by atoms with van der Waals surface area (Å²) in [6, 6.07) is 9.06. The number of pyridine rings is 1. The average molecular weight is 512 g/mol. The number of rotatable bonds is 8. The molecule has 0 radical (unpaired) electrons. The van der Waals surface area contributed by atoms with E-state index in [2.05, 4.69) is 6.58 Å². The van der Waals surface area contributed by atoms with Crippen LogP contribution in [0.3, 0.4) is 0 Å². The topological polar surface area (TPSA) is 82.9 Å². The Bertz CT molecular complexity index is 1320. The van der Waals surface area contributed by atoms with Crippen LogP contribution >= 0.6 is 11.3 Å². The van der Waals surface area contributed by atoms with Crippen LogP contribution in [0.1, 0.15) is 51.8 Å². The third-order valence-corrected chi connectivity index (χ3v) is 6.97. The minimum atomic E-state index is -0.567. The summed E-state index contributed by atoms with van der Waals surface area (Å²) in [6.07, 6.45) is 1.55. The predicted molar refractivity (Wildman–Crippen MR) is 143 cm³/mol. The Morgan fingerprint density at radius 2 is 1.97 bits per heavy atom. The maximum atomic E-state index is 13.7. The highest BCUT2D eigenvalue weighted by molar-refractivity contribution is 7.22. The number of hydrogen-bond donors (Lipinski definition) is 0. The van der Waals surface area contributed by atoms with Crippen LogP contribution in [0, 0.1) is 0 Å². The summed E-state index contributed by atoms with van der Waals surface area (Å²) in [5.41, 5.74) is 1.11. The average Bonchev–Trinajstić information content (AvgIpc) is 3.47. The molecule has 192 valence electrons. The lowest BCUT2D eigenvalue weighted by atomic mass is 10.1. The van der Waals surface area contributed by atoms with E-state index in [1.165, 1.54) is 11.3 Å². The summed E-state index contributed by atoms with van der Waals surface area (Å²) in [6.45, 7) is 13.0. The van der Waals surface area contributed by atoms with E-state index in [4.69, 9.17) is 19.2 Å². The lowest BCUT2D eigenvalue weighted by Crippen LogP contribution is -2.40. The second-order valence-corrected chi connectivity index (χ2v) is 10.7. The van der Waals surface area contributed by atoms with Crippen LogP contribution < -0.4 is 15.2 Å². The van der Waals surface area contributed by atoms with Crippen molar-refractivity contribution < 1.29 is 19.0 Å². The lowest BCUT2D eigenvalue weighted by Gasteiger charge is -2.27. The molecule has 3 aromatic rings. The molecule has 4 rings (SSSR count). The number of ether oxygens (including phenoxy) is 3. The number of aromatic nitrogens is 2. The Morgan fingerprint density at radius 1 is 1.25 bits per heavy atom. The molecule has 1 saturated heterocycles. The summed E-state index contributed by atoms with van der Waals surface area (Å²) in [4.78, 5) is 33.2. The van der Waals surface area contributed by atoms with E-state index in [9.17, 15) is 9.59 Å². The zero-order valence-electron chi connectivity index (χ0n) is 21.5. The Hall–Kier alpha value is -3.33. The molecule has 36 heavy (non-hydrogen) atoms. The number of esters is 1. The standard InChI is InChI=1S/C27H33N3O5S/c1-7-34-17(2)21-15-22-23(24(31)30(21)16-18-10-12-19(33-6)13-11-18)28-26(36-22)29-14-8-9-20(29)25(32)35-27(3,4)5/h10-13,15,20H,2,7-9,14,16H2,1,3-6H3/t20-/m1/s1. The second kappa shape index (κ2) is 10.3. The van der Waals surface area contributed by atoms with Gasteiger partial charge in [-0.15, -0.1) is 0 Å². The van der Waals surface area contributed by atoms with Crippen molar-refractivity contribution in [2.24, 2.45) is 0 Å². The van der Waals surface area contributed by atoms with Crippen molar-refractivity contribution in [3.8, 4) is 5.75 Å². The van der Waals surface area contributed by atoms with Gasteiger partial charge >= 0.3 is 5.97 Å². The van der Waals surface area contributed by atoms with E-state index in [0.717, 1.165) is 22.4 Å². The van der Waals surface area contributed by atoms with Crippen LogP contribution in [-0.4, -0.2) is 47.4 Å². The number of carbonyl (C=O) groups is 1. The number of methoxy groups -OCH3 is 1. The van der Waals surface area contributed by atoms with E-state index in [1.54, 1.807) is 11.7 Å². The van der Waals surface area contributed by atoms with Crippen molar-refractivity contribution in [1.29, 1.82) is 0 Å². The number of hydrogen-bond acceptors (Lipinski definition) is 8. The number of fused-ring (bicyclic) bond motifs is 1. The quantitative estimate of drug-likeness (QED) is 0.316. The monoisotopic (exact) mass is 511 g/mol. The van der Waals surface area contributed by atoms with Gasteiger partial charge in [-0.1, -0.05) is 30.0 Å². The fourth-order valence-corrected chi connectivity index (χ4v) is 5.36. The van der Waals surface area contributed by atoms with E-state index >= 15 is 0 Å². The van der Waals surface area contributed by atoms with Crippen LogP contribution in [0.4, 0.5) is 5.13 Å². The normalized spacial score (nSPS) is 15.8. The van der Waals surface area contributed by atoms with Gasteiger partial charge in [-0.2, -0.15) is 0 Å². The molecule has 0 saturated carbocycles. The summed E-state index contributed by atoms with van der Waals surface area (Å²) in [7, 11) is 1.62. The molecular formula is C27H33N3O5S. The molecule has 8 nitrogen and oxygen atoms in total. The molecule has 3 heterocycles. The molecule has 0 spiro atoms. The van der Waals surface area contributed by atoms with Crippen LogP contribution in [0.2, 0.25) is 0 Å². The summed E-state index contributed by atoms with van der Waals surface area (Å²) < 4.78 is 18.9. The third kappa shape index (κ3) is 5.41. The molecule has 1 aliphatic heterocycles. The van der Waals surface area contributed by atoms with Crippen LogP contribution in [0.5, 0.6) is 5.75 Å². The van der Waals surface area contributed by atoms with Crippen molar-refractivity contribution in [2.45, 2.75) is 58.7 Å². The number of carbonyl (C=O) groups excluding carboxylic acids is 1. The minimum Gasteiger partial charge on any atom is -0.497 e. The summed E-state index contributed by atoms with van der Waals surface area (Å²) in [5, 5.41) is 0.644. The highest BCUT2D eigenvalue weighted by Crippen LogP contribution is 2.34. The van der Waals surface area contributed by atoms with Gasteiger partial charge in [-0.05, 0) is 64.3 Å². The van der Waals surface area contributed by atoms with E-state index in [-0.39, 0.29) is 11.5 Å². The lowest BCUT2D eigenvalue weighted by molar-refractivity contribution is -0.156. The minimum absolute atomic E-state index is 0.227. The maximum absolute atomic E-state index is 13.7. The Balaban J connectivity index is 1.74. The van der Waals surface area contributed by atoms with E-state index in [0.29, 0.717) is 48.2 Å². The first-order valence-electron chi connectivity index (χ1n) is 12.1. The van der Waals surface area contributed by atoms with Crippen molar-refractivity contribution in [3.05, 3.63) is 58.5 Å². The first-order valence-corrected chi connectivity index (χ1v) is 12.9. The molecule has 1 atom stereocenters. The Kier molecular flexibility index (Phi) is 7.40. The molecule has 0 aliphatic carbocycles. The van der Waals surface area contributed by atoms with E-state index < -0.39 is 11.6 Å². The molecule has 1 aliphatic rings. The number of nitrogens with zero attached hydrogens (tertiary/aromatic N) is 3. The zero-order chi connectivity index (χ0) is 26.0. The number of anilines is 1. The molecular weight excluding hydrogens is 478 g/mol. The third-order valence-electron chi connectivity index (χ3n) is 5.93. The van der Waals surface area contributed by atoms with Gasteiger partial charge in [0.15, 0.2) is 5.13 Å². The fraction of sp³-hybridized carbons (Fsp3) is 0.444. The van der Waals surface area contributed by atoms with Gasteiger partial charge in [-0.25, -0.2) is 9.78 Å². The maximum Gasteiger partial charge on any atom is 0.329 e. The SMILES string of the molecule is C=C(OCC)c1cc2sc(N3CCC[C@@H]3C(=O)OC(C)(C)C)nc2c(=O)n1Cc1ccc(OC)cc1. The van der Waals surface area contributed by atoms with Gasteiger partial charge in [-0.3, -0.25) is 9.36 Å². The fourth-order valence-electron chi connectivity index (χ4n) is 4.29. The molecule has 0 unspecified atom stereocenters. The first-order chi connectivity index (χ1) is 17.1.